The number of ether oxygens (including phenoxy) is 1. The van der Waals surface area contributed by atoms with Gasteiger partial charge in [0.25, 0.3) is 5.91 Å². The third-order valence-electron chi connectivity index (χ3n) is 4.12. The van der Waals surface area contributed by atoms with Crippen molar-refractivity contribution in [3.05, 3.63) is 23.8 Å². The van der Waals surface area contributed by atoms with E-state index >= 15 is 0 Å². The van der Waals surface area contributed by atoms with Crippen molar-refractivity contribution in [2.45, 2.75) is 25.4 Å². The largest absolute Gasteiger partial charge is 0.491 e. The molecular formula is C15H20N2O3. The summed E-state index contributed by atoms with van der Waals surface area (Å²) in [6.07, 6.45) is 2.14. The average molecular weight is 276 g/mol. The number of hydrogen-bond donors (Lipinski definition) is 2. The van der Waals surface area contributed by atoms with E-state index in [-0.39, 0.29) is 5.91 Å². The molecule has 1 heterocycles. The highest BCUT2D eigenvalue weighted by Gasteiger charge is 2.53. The van der Waals surface area contributed by atoms with Crippen LogP contribution in [0.2, 0.25) is 0 Å². The summed E-state index contributed by atoms with van der Waals surface area (Å²) in [5, 5.41) is 10.3. The number of hydrogen-bond acceptors (Lipinski definition) is 4. The van der Waals surface area contributed by atoms with E-state index in [9.17, 15) is 9.90 Å². The minimum atomic E-state index is -0.665. The topological polar surface area (TPSA) is 75.8 Å². The third-order valence-corrected chi connectivity index (χ3v) is 4.12. The maximum absolute atomic E-state index is 12.5. The molecule has 5 heteroatoms. The number of anilines is 1. The number of nitrogen functional groups attached to an aromatic ring is 1. The summed E-state index contributed by atoms with van der Waals surface area (Å²) in [7, 11) is 0. The van der Waals surface area contributed by atoms with Crippen LogP contribution < -0.4 is 10.5 Å². The lowest BCUT2D eigenvalue weighted by Gasteiger charge is -2.47. The number of carbonyl (C=O) groups is 1. The molecule has 1 saturated heterocycles. The molecule has 2 aliphatic rings. The molecule has 20 heavy (non-hydrogen) atoms. The lowest BCUT2D eigenvalue weighted by molar-refractivity contribution is -0.0958. The Kier molecular flexibility index (Phi) is 3.09. The Morgan fingerprint density at radius 1 is 1.50 bits per heavy atom. The molecule has 3 rings (SSSR count). The Labute approximate surface area is 118 Å². The van der Waals surface area contributed by atoms with E-state index in [2.05, 4.69) is 0 Å². The zero-order valence-electron chi connectivity index (χ0n) is 11.6. The molecule has 0 bridgehead atoms. The van der Waals surface area contributed by atoms with Crippen molar-refractivity contribution in [2.24, 2.45) is 5.92 Å². The van der Waals surface area contributed by atoms with Crippen LogP contribution in [0.5, 0.6) is 5.75 Å². The van der Waals surface area contributed by atoms with Gasteiger partial charge in [0.1, 0.15) is 5.60 Å². The molecule has 1 aliphatic heterocycles. The van der Waals surface area contributed by atoms with Gasteiger partial charge in [0, 0.05) is 0 Å². The van der Waals surface area contributed by atoms with Crippen LogP contribution in [0, 0.1) is 5.92 Å². The summed E-state index contributed by atoms with van der Waals surface area (Å²) in [5.74, 6) is 0.701. The van der Waals surface area contributed by atoms with Crippen LogP contribution in [-0.4, -0.2) is 41.2 Å². The lowest BCUT2D eigenvalue weighted by Crippen LogP contribution is -2.64. The fraction of sp³-hybridized carbons (Fsp3) is 0.533. The molecule has 1 aromatic carbocycles. The number of nitrogens with two attached hydrogens (primary N) is 1. The number of amides is 1. The van der Waals surface area contributed by atoms with Crippen LogP contribution in [0.4, 0.5) is 5.69 Å². The van der Waals surface area contributed by atoms with E-state index < -0.39 is 5.60 Å². The van der Waals surface area contributed by atoms with E-state index in [1.54, 1.807) is 23.1 Å². The Morgan fingerprint density at radius 3 is 2.80 bits per heavy atom. The maximum atomic E-state index is 12.5. The van der Waals surface area contributed by atoms with Crippen molar-refractivity contribution < 1.29 is 14.6 Å². The molecule has 5 nitrogen and oxygen atoms in total. The predicted molar refractivity (Wildman–Crippen MR) is 75.6 cm³/mol. The van der Waals surface area contributed by atoms with Crippen LogP contribution in [0.3, 0.4) is 0 Å². The fourth-order valence-corrected chi connectivity index (χ4v) is 2.84. The lowest BCUT2D eigenvalue weighted by atomic mass is 9.88. The zero-order chi connectivity index (χ0) is 14.3. The molecule has 0 aromatic heterocycles. The Morgan fingerprint density at radius 2 is 2.20 bits per heavy atom. The van der Waals surface area contributed by atoms with Gasteiger partial charge < -0.3 is 20.5 Å². The molecule has 0 unspecified atom stereocenters. The van der Waals surface area contributed by atoms with Crippen LogP contribution in [0.25, 0.3) is 0 Å². The minimum Gasteiger partial charge on any atom is -0.491 e. The molecule has 0 spiro atoms. The molecule has 3 N–H and O–H groups in total. The van der Waals surface area contributed by atoms with Gasteiger partial charge in [-0.3, -0.25) is 4.79 Å². The highest BCUT2D eigenvalue weighted by molar-refractivity contribution is 5.99. The number of benzene rings is 1. The Hall–Kier alpha value is -1.75. The summed E-state index contributed by atoms with van der Waals surface area (Å²) in [6.45, 7) is 3.14. The van der Waals surface area contributed by atoms with Crippen LogP contribution in [-0.2, 0) is 0 Å². The van der Waals surface area contributed by atoms with Gasteiger partial charge in [-0.15, -0.1) is 0 Å². The van der Waals surface area contributed by atoms with Crippen molar-refractivity contribution in [2.75, 3.05) is 25.4 Å². The fourth-order valence-electron chi connectivity index (χ4n) is 2.84. The first-order valence-corrected chi connectivity index (χ1v) is 7.08. The first-order chi connectivity index (χ1) is 9.55. The average Bonchev–Trinajstić information content (AvgIpc) is 3.21. The summed E-state index contributed by atoms with van der Waals surface area (Å²) < 4.78 is 5.48. The second-order valence-corrected chi connectivity index (χ2v) is 5.70. The summed E-state index contributed by atoms with van der Waals surface area (Å²) in [4.78, 5) is 14.1. The zero-order valence-corrected chi connectivity index (χ0v) is 11.6. The maximum Gasteiger partial charge on any atom is 0.257 e. The van der Waals surface area contributed by atoms with Gasteiger partial charge in [-0.1, -0.05) is 6.07 Å². The highest BCUT2D eigenvalue weighted by Crippen LogP contribution is 2.45. The summed E-state index contributed by atoms with van der Waals surface area (Å²) in [5.41, 5.74) is 6.15. The van der Waals surface area contributed by atoms with Gasteiger partial charge in [0.15, 0.2) is 5.75 Å². The molecular weight excluding hydrogens is 256 g/mol. The van der Waals surface area contributed by atoms with Gasteiger partial charge in [-0.05, 0) is 37.8 Å². The number of nitrogens with zero attached hydrogens (tertiary/aromatic N) is 1. The van der Waals surface area contributed by atoms with Gasteiger partial charge in [0.05, 0.1) is 30.9 Å². The monoisotopic (exact) mass is 276 g/mol. The van der Waals surface area contributed by atoms with Gasteiger partial charge in [-0.25, -0.2) is 0 Å². The minimum absolute atomic E-state index is 0.119. The number of likely N-dealkylation sites (tertiary alicyclic amines) is 1. The SMILES string of the molecule is CCOc1c(N)cccc1C(=O)N1CC(O)(C2CC2)C1. The van der Waals surface area contributed by atoms with Gasteiger partial charge >= 0.3 is 0 Å². The van der Waals surface area contributed by atoms with Gasteiger partial charge in [0.2, 0.25) is 0 Å². The van der Waals surface area contributed by atoms with Crippen molar-refractivity contribution in [1.82, 2.24) is 4.90 Å². The molecule has 0 atom stereocenters. The van der Waals surface area contributed by atoms with E-state index in [0.717, 1.165) is 12.8 Å². The van der Waals surface area contributed by atoms with E-state index in [1.165, 1.54) is 0 Å². The first-order valence-electron chi connectivity index (χ1n) is 7.08. The molecule has 1 amide bonds. The molecule has 108 valence electrons. The summed E-state index contributed by atoms with van der Waals surface area (Å²) >= 11 is 0. The molecule has 1 saturated carbocycles. The number of β-amino-alcohol motifs (C(OH)–C–C–N with tert-alkyl or cyclic N) is 1. The van der Waals surface area contributed by atoms with Crippen molar-refractivity contribution >= 4 is 11.6 Å². The second-order valence-electron chi connectivity index (χ2n) is 5.70. The van der Waals surface area contributed by atoms with Crippen molar-refractivity contribution in [3.63, 3.8) is 0 Å². The Bertz CT molecular complexity index is 534. The third kappa shape index (κ3) is 2.12. The van der Waals surface area contributed by atoms with Crippen LogP contribution >= 0.6 is 0 Å². The molecule has 1 aromatic rings. The molecule has 2 fully saturated rings. The van der Waals surface area contributed by atoms with Crippen LogP contribution in [0.1, 0.15) is 30.1 Å². The normalized spacial score (nSPS) is 20.4. The molecule has 1 aliphatic carbocycles. The molecule has 0 radical (unpaired) electrons. The number of para-hydroxylation sites is 1. The summed E-state index contributed by atoms with van der Waals surface area (Å²) in [6, 6.07) is 5.19. The predicted octanol–water partition coefficient (Wildman–Crippen LogP) is 1.26. The number of aliphatic hydroxyl groups is 1. The van der Waals surface area contributed by atoms with Crippen LogP contribution in [0.15, 0.2) is 18.2 Å². The van der Waals surface area contributed by atoms with Gasteiger partial charge in [-0.2, -0.15) is 0 Å². The number of carbonyl (C=O) groups excluding carboxylic acids is 1. The standard InChI is InChI=1S/C15H20N2O3/c1-2-20-13-11(4-3-5-12(13)16)14(18)17-8-15(19,9-17)10-6-7-10/h3-5,10,19H,2,6-9,16H2,1H3. The van der Waals surface area contributed by atoms with Crippen molar-refractivity contribution in [1.29, 1.82) is 0 Å². The van der Waals surface area contributed by atoms with E-state index in [4.69, 9.17) is 10.5 Å². The quantitative estimate of drug-likeness (QED) is 0.812. The van der Waals surface area contributed by atoms with E-state index in [0.29, 0.717) is 42.6 Å². The van der Waals surface area contributed by atoms with Crippen molar-refractivity contribution in [3.8, 4) is 5.75 Å². The highest BCUT2D eigenvalue weighted by atomic mass is 16.5. The van der Waals surface area contributed by atoms with E-state index in [1.807, 2.05) is 6.92 Å². The Balaban J connectivity index is 1.76. The second kappa shape index (κ2) is 4.66. The smallest absolute Gasteiger partial charge is 0.257 e. The first kappa shape index (κ1) is 13.2. The number of rotatable bonds is 4.